The van der Waals surface area contributed by atoms with Crippen molar-refractivity contribution in [3.8, 4) is 0 Å². The van der Waals surface area contributed by atoms with Gasteiger partial charge in [-0.05, 0) is 44.0 Å². The summed E-state index contributed by atoms with van der Waals surface area (Å²) in [5.74, 6) is -0.214. The summed E-state index contributed by atoms with van der Waals surface area (Å²) in [5, 5.41) is 2.16. The van der Waals surface area contributed by atoms with E-state index in [0.29, 0.717) is 23.7 Å². The van der Waals surface area contributed by atoms with Gasteiger partial charge < -0.3 is 15.8 Å². The van der Waals surface area contributed by atoms with Gasteiger partial charge in [0.05, 0.1) is 10.8 Å². The number of methoxy groups -OCH3 is 1. The fourth-order valence-corrected chi connectivity index (χ4v) is 2.83. The number of nitrogens with two attached hydrogens (primary N) is 1. The summed E-state index contributed by atoms with van der Waals surface area (Å²) in [6, 6.07) is 5.18. The Kier molecular flexibility index (Phi) is 6.67. The zero-order chi connectivity index (χ0) is 15.1. The number of carbonyl (C=O) groups is 1. The molecule has 112 valence electrons. The molecule has 3 N–H and O–H groups in total. The lowest BCUT2D eigenvalue weighted by molar-refractivity contribution is -0.120. The molecule has 20 heavy (non-hydrogen) atoms. The number of aryl methyl sites for hydroxylation is 1. The van der Waals surface area contributed by atoms with Crippen LogP contribution in [0.4, 0.5) is 5.69 Å². The van der Waals surface area contributed by atoms with Crippen molar-refractivity contribution in [2.75, 3.05) is 26.0 Å². The molecule has 0 aromatic heterocycles. The Morgan fingerprint density at radius 1 is 1.50 bits per heavy atom. The molecule has 0 fully saturated rings. The van der Waals surface area contributed by atoms with Gasteiger partial charge in [-0.1, -0.05) is 0 Å². The summed E-state index contributed by atoms with van der Waals surface area (Å²) in [4.78, 5) is 12.5. The van der Waals surface area contributed by atoms with Crippen molar-refractivity contribution in [3.05, 3.63) is 23.8 Å². The summed E-state index contributed by atoms with van der Waals surface area (Å²) in [7, 11) is 0.231. The lowest BCUT2D eigenvalue weighted by Crippen LogP contribution is -2.36. The van der Waals surface area contributed by atoms with Gasteiger partial charge in [-0.15, -0.1) is 0 Å². The predicted octanol–water partition coefficient (Wildman–Crippen LogP) is 1.23. The highest BCUT2D eigenvalue weighted by Crippen LogP contribution is 2.18. The maximum absolute atomic E-state index is 12.3. The molecule has 0 saturated heterocycles. The van der Waals surface area contributed by atoms with Crippen LogP contribution in [0.25, 0.3) is 0 Å². The zero-order valence-corrected chi connectivity index (χ0v) is 13.0. The lowest BCUT2D eigenvalue weighted by Gasteiger charge is -2.13. The molecule has 1 aromatic carbocycles. The summed E-state index contributed by atoms with van der Waals surface area (Å²) >= 11 is 0. The van der Waals surface area contributed by atoms with E-state index in [4.69, 9.17) is 10.5 Å². The fourth-order valence-electron chi connectivity index (χ4n) is 1.65. The van der Waals surface area contributed by atoms with Crippen LogP contribution in [-0.2, 0) is 20.3 Å². The van der Waals surface area contributed by atoms with Crippen LogP contribution >= 0.6 is 0 Å². The molecule has 1 amide bonds. The molecule has 0 aliphatic carbocycles. The van der Waals surface area contributed by atoms with E-state index in [1.807, 2.05) is 6.92 Å². The quantitative estimate of drug-likeness (QED) is 0.586. The maximum Gasteiger partial charge on any atom is 0.235 e. The number of benzene rings is 1. The van der Waals surface area contributed by atoms with Gasteiger partial charge in [0.1, 0.15) is 5.25 Å². The molecule has 2 atom stereocenters. The normalized spacial score (nSPS) is 13.8. The van der Waals surface area contributed by atoms with Crippen molar-refractivity contribution in [3.63, 3.8) is 0 Å². The van der Waals surface area contributed by atoms with Crippen LogP contribution in [0.15, 0.2) is 23.1 Å². The first-order valence-corrected chi connectivity index (χ1v) is 7.72. The third-order valence-electron chi connectivity index (χ3n) is 2.99. The molecule has 0 heterocycles. The molecule has 6 heteroatoms. The smallest absolute Gasteiger partial charge is 0.235 e. The monoisotopic (exact) mass is 298 g/mol. The zero-order valence-electron chi connectivity index (χ0n) is 12.1. The largest absolute Gasteiger partial charge is 0.399 e. The van der Waals surface area contributed by atoms with Crippen molar-refractivity contribution in [2.45, 2.75) is 30.4 Å². The van der Waals surface area contributed by atoms with E-state index in [2.05, 4.69) is 5.32 Å². The SMILES string of the molecule is COCCCNC(=O)C(C)S(=O)c1ccc(N)c(C)c1. The van der Waals surface area contributed by atoms with Crippen LogP contribution in [-0.4, -0.2) is 35.6 Å². The number of amides is 1. The summed E-state index contributed by atoms with van der Waals surface area (Å²) < 4.78 is 17.2. The van der Waals surface area contributed by atoms with Gasteiger partial charge in [0, 0.05) is 30.8 Å². The average molecular weight is 298 g/mol. The molecule has 0 radical (unpaired) electrons. The Hall–Kier alpha value is -1.40. The van der Waals surface area contributed by atoms with Crippen LogP contribution in [0.2, 0.25) is 0 Å². The highest BCUT2D eigenvalue weighted by molar-refractivity contribution is 7.86. The first kappa shape index (κ1) is 16.7. The first-order valence-electron chi connectivity index (χ1n) is 6.50. The molecule has 0 bridgehead atoms. The molecular weight excluding hydrogens is 276 g/mol. The van der Waals surface area contributed by atoms with E-state index in [0.717, 1.165) is 12.0 Å². The predicted molar refractivity (Wildman–Crippen MR) is 81.0 cm³/mol. The number of nitrogen functional groups attached to an aromatic ring is 1. The number of nitrogens with one attached hydrogen (secondary N) is 1. The maximum atomic E-state index is 12.3. The lowest BCUT2D eigenvalue weighted by atomic mass is 10.2. The molecule has 1 rings (SSSR count). The number of carbonyl (C=O) groups excluding carboxylic acids is 1. The van der Waals surface area contributed by atoms with Crippen molar-refractivity contribution >= 4 is 22.4 Å². The number of hydrogen-bond acceptors (Lipinski definition) is 4. The minimum Gasteiger partial charge on any atom is -0.399 e. The van der Waals surface area contributed by atoms with Crippen molar-refractivity contribution in [2.24, 2.45) is 0 Å². The second kappa shape index (κ2) is 8.01. The van der Waals surface area contributed by atoms with Crippen LogP contribution in [0.1, 0.15) is 18.9 Å². The van der Waals surface area contributed by atoms with Gasteiger partial charge in [-0.2, -0.15) is 0 Å². The Bertz CT molecular complexity index is 491. The van der Waals surface area contributed by atoms with E-state index in [-0.39, 0.29) is 5.91 Å². The molecule has 2 unspecified atom stereocenters. The summed E-state index contributed by atoms with van der Waals surface area (Å²) in [6.07, 6.45) is 0.739. The average Bonchev–Trinajstić information content (AvgIpc) is 2.44. The third kappa shape index (κ3) is 4.61. The Labute approximate surface area is 122 Å². The molecule has 1 aromatic rings. The van der Waals surface area contributed by atoms with Gasteiger partial charge in [0.2, 0.25) is 5.91 Å². The molecule has 0 aliphatic heterocycles. The Morgan fingerprint density at radius 3 is 2.80 bits per heavy atom. The Balaban J connectivity index is 2.61. The summed E-state index contributed by atoms with van der Waals surface area (Å²) in [6.45, 7) is 4.63. The topological polar surface area (TPSA) is 81.4 Å². The molecule has 5 nitrogen and oxygen atoms in total. The number of anilines is 1. The van der Waals surface area contributed by atoms with Gasteiger partial charge in [-0.3, -0.25) is 9.00 Å². The molecular formula is C14H22N2O3S. The van der Waals surface area contributed by atoms with Crippen molar-refractivity contribution in [1.82, 2.24) is 5.32 Å². The van der Waals surface area contributed by atoms with Crippen molar-refractivity contribution in [1.29, 1.82) is 0 Å². The van der Waals surface area contributed by atoms with Gasteiger partial charge in [-0.25, -0.2) is 0 Å². The van der Waals surface area contributed by atoms with Gasteiger partial charge in [0.15, 0.2) is 0 Å². The molecule has 0 spiro atoms. The molecule has 0 saturated carbocycles. The standard InChI is InChI=1S/C14H22N2O3S/c1-10-9-12(5-6-13(10)15)20(18)11(2)14(17)16-7-4-8-19-3/h5-6,9,11H,4,7-8,15H2,1-3H3,(H,16,17). The van der Waals surface area contributed by atoms with E-state index in [9.17, 15) is 9.00 Å². The van der Waals surface area contributed by atoms with E-state index in [1.165, 1.54) is 0 Å². The molecule has 0 aliphatic rings. The highest BCUT2D eigenvalue weighted by atomic mass is 32.2. The first-order chi connectivity index (χ1) is 9.47. The van der Waals surface area contributed by atoms with E-state index < -0.39 is 16.0 Å². The number of rotatable bonds is 7. The summed E-state index contributed by atoms with van der Waals surface area (Å²) in [5.41, 5.74) is 7.25. The van der Waals surface area contributed by atoms with Crippen LogP contribution < -0.4 is 11.1 Å². The van der Waals surface area contributed by atoms with Crippen LogP contribution in [0.5, 0.6) is 0 Å². The van der Waals surface area contributed by atoms with Crippen LogP contribution in [0, 0.1) is 6.92 Å². The van der Waals surface area contributed by atoms with Gasteiger partial charge in [0.25, 0.3) is 0 Å². The van der Waals surface area contributed by atoms with E-state index in [1.54, 1.807) is 32.2 Å². The van der Waals surface area contributed by atoms with Gasteiger partial charge >= 0.3 is 0 Å². The minimum atomic E-state index is -1.38. The number of ether oxygens (including phenoxy) is 1. The third-order valence-corrected chi connectivity index (χ3v) is 4.56. The fraction of sp³-hybridized carbons (Fsp3) is 0.500. The minimum absolute atomic E-state index is 0.214. The highest BCUT2D eigenvalue weighted by Gasteiger charge is 2.21. The van der Waals surface area contributed by atoms with Crippen molar-refractivity contribution < 1.29 is 13.7 Å². The second-order valence-corrected chi connectivity index (χ2v) is 6.37. The second-order valence-electron chi connectivity index (χ2n) is 4.60. The van der Waals surface area contributed by atoms with Crippen LogP contribution in [0.3, 0.4) is 0 Å². The van der Waals surface area contributed by atoms with E-state index >= 15 is 0 Å². The number of hydrogen-bond donors (Lipinski definition) is 2. The Morgan fingerprint density at radius 2 is 2.20 bits per heavy atom.